The molecular formula is C18H19FO5. The largest absolute Gasteiger partial charge is 0.493 e. The van der Waals surface area contributed by atoms with E-state index in [9.17, 15) is 14.3 Å². The maximum Gasteiger partial charge on any atom is 0.311 e. The Morgan fingerprint density at radius 1 is 1.08 bits per heavy atom. The number of hydrogen-bond donors (Lipinski definition) is 1. The Morgan fingerprint density at radius 3 is 2.12 bits per heavy atom. The Kier molecular flexibility index (Phi) is 5.63. The first kappa shape index (κ1) is 17.6. The number of rotatable bonds is 7. The quantitative estimate of drug-likeness (QED) is 0.842. The highest BCUT2D eigenvalue weighted by atomic mass is 19.1. The Hall–Kier alpha value is -2.76. The van der Waals surface area contributed by atoms with Crippen LogP contribution >= 0.6 is 0 Å². The van der Waals surface area contributed by atoms with Crippen LogP contribution in [0.25, 0.3) is 0 Å². The van der Waals surface area contributed by atoms with Gasteiger partial charge in [0.1, 0.15) is 5.82 Å². The molecule has 0 amide bonds. The number of carbonyl (C=O) groups is 1. The monoisotopic (exact) mass is 334 g/mol. The second-order valence-corrected chi connectivity index (χ2v) is 5.15. The standard InChI is InChI=1S/C18H19FO5/c1-22-15-9-11(10-16(23-2)17(15)24-3)8-13(18(20)21)12-6-4-5-7-14(12)19/h4-7,9-10,13H,8H2,1-3H3,(H,20,21). The topological polar surface area (TPSA) is 65.0 Å². The second kappa shape index (κ2) is 7.68. The molecule has 0 bridgehead atoms. The van der Waals surface area contributed by atoms with Crippen LogP contribution in [0, 0.1) is 5.82 Å². The van der Waals surface area contributed by atoms with Crippen LogP contribution in [-0.4, -0.2) is 32.4 Å². The summed E-state index contributed by atoms with van der Waals surface area (Å²) in [4.78, 5) is 11.6. The molecule has 1 N–H and O–H groups in total. The van der Waals surface area contributed by atoms with E-state index >= 15 is 0 Å². The molecule has 0 aliphatic rings. The fraction of sp³-hybridized carbons (Fsp3) is 0.278. The van der Waals surface area contributed by atoms with Gasteiger partial charge in [-0.2, -0.15) is 0 Å². The van der Waals surface area contributed by atoms with Crippen molar-refractivity contribution in [2.45, 2.75) is 12.3 Å². The van der Waals surface area contributed by atoms with Crippen LogP contribution in [0.4, 0.5) is 4.39 Å². The van der Waals surface area contributed by atoms with Gasteiger partial charge in [-0.3, -0.25) is 4.79 Å². The third-order valence-electron chi connectivity index (χ3n) is 3.74. The lowest BCUT2D eigenvalue weighted by Gasteiger charge is -2.17. The van der Waals surface area contributed by atoms with Gasteiger partial charge in [-0.05, 0) is 30.2 Å². The van der Waals surface area contributed by atoms with Crippen LogP contribution in [0.3, 0.4) is 0 Å². The summed E-state index contributed by atoms with van der Waals surface area (Å²) in [5.41, 5.74) is 0.777. The number of aliphatic carboxylic acids is 1. The van der Waals surface area contributed by atoms with Crippen molar-refractivity contribution in [3.63, 3.8) is 0 Å². The molecule has 5 nitrogen and oxygen atoms in total. The zero-order valence-corrected chi connectivity index (χ0v) is 13.7. The Balaban J connectivity index is 2.44. The van der Waals surface area contributed by atoms with Crippen molar-refractivity contribution in [3.05, 3.63) is 53.3 Å². The van der Waals surface area contributed by atoms with Gasteiger partial charge in [-0.25, -0.2) is 4.39 Å². The summed E-state index contributed by atoms with van der Waals surface area (Å²) in [5, 5.41) is 9.51. The number of methoxy groups -OCH3 is 3. The molecule has 0 aliphatic heterocycles. The maximum atomic E-state index is 14.0. The molecule has 0 saturated heterocycles. The molecule has 2 aromatic rings. The van der Waals surface area contributed by atoms with Crippen molar-refractivity contribution in [1.82, 2.24) is 0 Å². The van der Waals surface area contributed by atoms with E-state index in [2.05, 4.69) is 0 Å². The fourth-order valence-electron chi connectivity index (χ4n) is 2.58. The molecule has 0 spiro atoms. The summed E-state index contributed by atoms with van der Waals surface area (Å²) in [6.45, 7) is 0. The Bertz CT molecular complexity index is 704. The zero-order chi connectivity index (χ0) is 17.7. The van der Waals surface area contributed by atoms with Crippen molar-refractivity contribution in [2.24, 2.45) is 0 Å². The molecule has 0 saturated carbocycles. The van der Waals surface area contributed by atoms with E-state index in [1.165, 1.54) is 39.5 Å². The summed E-state index contributed by atoms with van der Waals surface area (Å²) < 4.78 is 29.8. The normalized spacial score (nSPS) is 11.7. The van der Waals surface area contributed by atoms with Crippen LogP contribution in [-0.2, 0) is 11.2 Å². The highest BCUT2D eigenvalue weighted by Crippen LogP contribution is 2.39. The summed E-state index contributed by atoms with van der Waals surface area (Å²) in [5.74, 6) is -1.41. The first-order valence-corrected chi connectivity index (χ1v) is 7.28. The smallest absolute Gasteiger partial charge is 0.311 e. The highest BCUT2D eigenvalue weighted by Gasteiger charge is 2.25. The molecule has 0 aliphatic carbocycles. The molecule has 0 fully saturated rings. The van der Waals surface area contributed by atoms with Crippen molar-refractivity contribution < 1.29 is 28.5 Å². The van der Waals surface area contributed by atoms with Gasteiger partial charge in [0.15, 0.2) is 11.5 Å². The van der Waals surface area contributed by atoms with Crippen molar-refractivity contribution in [2.75, 3.05) is 21.3 Å². The van der Waals surface area contributed by atoms with E-state index in [1.807, 2.05) is 0 Å². The van der Waals surface area contributed by atoms with Crippen LogP contribution in [0.5, 0.6) is 17.2 Å². The molecule has 24 heavy (non-hydrogen) atoms. The molecule has 128 valence electrons. The van der Waals surface area contributed by atoms with Gasteiger partial charge in [0.25, 0.3) is 0 Å². The fourth-order valence-corrected chi connectivity index (χ4v) is 2.58. The van der Waals surface area contributed by atoms with Gasteiger partial charge in [-0.15, -0.1) is 0 Å². The van der Waals surface area contributed by atoms with E-state index in [-0.39, 0.29) is 12.0 Å². The van der Waals surface area contributed by atoms with Crippen molar-refractivity contribution in [1.29, 1.82) is 0 Å². The third-order valence-corrected chi connectivity index (χ3v) is 3.74. The predicted molar refractivity (Wildman–Crippen MR) is 86.6 cm³/mol. The predicted octanol–water partition coefficient (Wildman–Crippen LogP) is 3.26. The average Bonchev–Trinajstić information content (AvgIpc) is 2.59. The van der Waals surface area contributed by atoms with Gasteiger partial charge < -0.3 is 19.3 Å². The van der Waals surface area contributed by atoms with Gasteiger partial charge >= 0.3 is 5.97 Å². The van der Waals surface area contributed by atoms with E-state index in [0.29, 0.717) is 22.8 Å². The molecule has 0 heterocycles. The van der Waals surface area contributed by atoms with E-state index in [1.54, 1.807) is 18.2 Å². The van der Waals surface area contributed by atoms with E-state index < -0.39 is 17.7 Å². The number of hydrogen-bond acceptors (Lipinski definition) is 4. The minimum Gasteiger partial charge on any atom is -0.493 e. The van der Waals surface area contributed by atoms with E-state index in [4.69, 9.17) is 14.2 Å². The highest BCUT2D eigenvalue weighted by molar-refractivity contribution is 5.76. The molecule has 0 radical (unpaired) electrons. The van der Waals surface area contributed by atoms with Crippen LogP contribution in [0.15, 0.2) is 36.4 Å². The summed E-state index contributed by atoms with van der Waals surface area (Å²) in [6, 6.07) is 9.20. The third kappa shape index (κ3) is 3.59. The molecule has 1 atom stereocenters. The number of carboxylic acids is 1. The number of carboxylic acid groups (broad SMARTS) is 1. The molecule has 2 rings (SSSR count). The minimum atomic E-state index is -1.10. The molecule has 2 aromatic carbocycles. The lowest BCUT2D eigenvalue weighted by atomic mass is 9.91. The lowest BCUT2D eigenvalue weighted by Crippen LogP contribution is -2.16. The van der Waals surface area contributed by atoms with E-state index in [0.717, 1.165) is 0 Å². The summed E-state index contributed by atoms with van der Waals surface area (Å²) in [7, 11) is 4.44. The molecule has 1 unspecified atom stereocenters. The molecule has 0 aromatic heterocycles. The SMILES string of the molecule is COc1cc(CC(C(=O)O)c2ccccc2F)cc(OC)c1OC. The Morgan fingerprint density at radius 2 is 1.67 bits per heavy atom. The van der Waals surface area contributed by atoms with Gasteiger partial charge in [0.05, 0.1) is 27.2 Å². The summed E-state index contributed by atoms with van der Waals surface area (Å²) >= 11 is 0. The lowest BCUT2D eigenvalue weighted by molar-refractivity contribution is -0.138. The van der Waals surface area contributed by atoms with Gasteiger partial charge in [0, 0.05) is 5.56 Å². The minimum absolute atomic E-state index is 0.0903. The second-order valence-electron chi connectivity index (χ2n) is 5.15. The maximum absolute atomic E-state index is 14.0. The zero-order valence-electron chi connectivity index (χ0n) is 13.7. The number of ether oxygens (including phenoxy) is 3. The van der Waals surface area contributed by atoms with Crippen LogP contribution < -0.4 is 14.2 Å². The van der Waals surface area contributed by atoms with Gasteiger partial charge in [-0.1, -0.05) is 18.2 Å². The number of halogens is 1. The van der Waals surface area contributed by atoms with Crippen molar-refractivity contribution in [3.8, 4) is 17.2 Å². The molecular weight excluding hydrogens is 315 g/mol. The van der Waals surface area contributed by atoms with Gasteiger partial charge in [0.2, 0.25) is 5.75 Å². The average molecular weight is 334 g/mol. The molecule has 6 heteroatoms. The first-order chi connectivity index (χ1) is 11.5. The van der Waals surface area contributed by atoms with Crippen LogP contribution in [0.1, 0.15) is 17.0 Å². The van der Waals surface area contributed by atoms with Crippen LogP contribution in [0.2, 0.25) is 0 Å². The number of benzene rings is 2. The Labute approximate surface area is 139 Å². The summed E-state index contributed by atoms with van der Waals surface area (Å²) in [6.07, 6.45) is 0.0903. The van der Waals surface area contributed by atoms with Crippen molar-refractivity contribution >= 4 is 5.97 Å². The first-order valence-electron chi connectivity index (χ1n) is 7.28.